The minimum absolute atomic E-state index is 0.107. The van der Waals surface area contributed by atoms with E-state index in [1.165, 1.54) is 11.4 Å². The third-order valence-electron chi connectivity index (χ3n) is 5.50. The van der Waals surface area contributed by atoms with E-state index in [1.54, 1.807) is 24.3 Å². The second-order valence-corrected chi connectivity index (χ2v) is 8.93. The maximum Gasteiger partial charge on any atom is 0.320 e. The average molecular weight is 368 g/mol. The van der Waals surface area contributed by atoms with Crippen LogP contribution in [0.25, 0.3) is 0 Å². The van der Waals surface area contributed by atoms with Crippen LogP contribution >= 0.6 is 0 Å². The Morgan fingerprint density at radius 3 is 2.48 bits per heavy atom. The van der Waals surface area contributed by atoms with Crippen molar-refractivity contribution < 1.29 is 23.1 Å². The molecule has 0 amide bonds. The summed E-state index contributed by atoms with van der Waals surface area (Å²) in [6, 6.07) is 6.15. The maximum atomic E-state index is 12.9. The van der Waals surface area contributed by atoms with Crippen molar-refractivity contribution in [1.29, 1.82) is 0 Å². The number of rotatable bonds is 4. The third-order valence-corrected chi connectivity index (χ3v) is 7.44. The molecule has 1 atom stereocenters. The zero-order chi connectivity index (χ0) is 18.2. The van der Waals surface area contributed by atoms with Gasteiger partial charge < -0.3 is 9.84 Å². The smallest absolute Gasteiger partial charge is 0.320 e. The number of hydrogen-bond acceptors (Lipinski definition) is 5. The molecule has 0 bridgehead atoms. The summed E-state index contributed by atoms with van der Waals surface area (Å²) in [5.74, 6) is -0.460. The lowest BCUT2D eigenvalue weighted by molar-refractivity contribution is -0.141. The molecule has 2 aliphatic heterocycles. The zero-order valence-electron chi connectivity index (χ0n) is 14.5. The van der Waals surface area contributed by atoms with Gasteiger partial charge >= 0.3 is 5.97 Å². The molecular formula is C17H24N2O5S. The van der Waals surface area contributed by atoms with E-state index < -0.39 is 22.0 Å². The quantitative estimate of drug-likeness (QED) is 0.861. The summed E-state index contributed by atoms with van der Waals surface area (Å²) in [6.45, 7) is 1.51. The predicted octanol–water partition coefficient (Wildman–Crippen LogP) is 1.25. The number of carboxylic acid groups (broad SMARTS) is 1. The normalized spacial score (nSPS) is 24.5. The number of carbonyl (C=O) groups is 1. The fourth-order valence-corrected chi connectivity index (χ4v) is 5.68. The molecule has 1 unspecified atom stereocenters. The van der Waals surface area contributed by atoms with Crippen molar-refractivity contribution in [3.8, 4) is 5.75 Å². The number of para-hydroxylation sites is 1. The molecular weight excluding hydrogens is 344 g/mol. The van der Waals surface area contributed by atoms with Crippen molar-refractivity contribution in [2.75, 3.05) is 33.8 Å². The summed E-state index contributed by atoms with van der Waals surface area (Å²) >= 11 is 0. The number of likely N-dealkylation sites (N-methyl/N-ethyl adjacent to an activating group) is 1. The van der Waals surface area contributed by atoms with Crippen molar-refractivity contribution in [1.82, 2.24) is 9.21 Å². The summed E-state index contributed by atoms with van der Waals surface area (Å²) in [5, 5.41) is 9.32. The molecule has 0 aliphatic carbocycles. The Hall–Kier alpha value is -1.64. The SMILES string of the molecule is COc1ccccc1S(=O)(=O)N1CCC2(CC1)CC(C(=O)O)N(C)C2. The highest BCUT2D eigenvalue weighted by Crippen LogP contribution is 2.44. The Bertz CT molecular complexity index is 756. The van der Waals surface area contributed by atoms with E-state index in [-0.39, 0.29) is 10.3 Å². The standard InChI is InChI=1S/C17H24N2O5S/c1-18-12-17(11-13(18)16(20)21)7-9-19(10-8-17)25(22,23)15-6-4-3-5-14(15)24-2/h3-6,13H,7-12H2,1-2H3,(H,20,21). The molecule has 0 radical (unpaired) electrons. The highest BCUT2D eigenvalue weighted by molar-refractivity contribution is 7.89. The van der Waals surface area contributed by atoms with E-state index in [2.05, 4.69) is 0 Å². The number of piperidine rings is 1. The summed E-state index contributed by atoms with van der Waals surface area (Å²) < 4.78 is 32.6. The Kier molecular flexibility index (Phi) is 4.78. The largest absolute Gasteiger partial charge is 0.495 e. The first-order valence-corrected chi connectivity index (χ1v) is 9.79. The first-order chi connectivity index (χ1) is 11.8. The fourth-order valence-electron chi connectivity index (χ4n) is 4.08. The van der Waals surface area contributed by atoms with Gasteiger partial charge in [-0.3, -0.25) is 9.69 Å². The molecule has 1 spiro atoms. The second kappa shape index (κ2) is 6.59. The molecule has 2 aliphatic rings. The first-order valence-electron chi connectivity index (χ1n) is 8.35. The molecule has 8 heteroatoms. The molecule has 1 N–H and O–H groups in total. The Morgan fingerprint density at radius 1 is 1.28 bits per heavy atom. The summed E-state index contributed by atoms with van der Waals surface area (Å²) in [6.07, 6.45) is 1.94. The van der Waals surface area contributed by atoms with Gasteiger partial charge in [0.25, 0.3) is 0 Å². The third kappa shape index (κ3) is 3.26. The molecule has 2 saturated heterocycles. The van der Waals surface area contributed by atoms with Crippen LogP contribution < -0.4 is 4.74 Å². The highest BCUT2D eigenvalue weighted by atomic mass is 32.2. The number of methoxy groups -OCH3 is 1. The maximum absolute atomic E-state index is 12.9. The predicted molar refractivity (Wildman–Crippen MR) is 92.1 cm³/mol. The Morgan fingerprint density at radius 2 is 1.92 bits per heavy atom. The van der Waals surface area contributed by atoms with Gasteiger partial charge in [-0.2, -0.15) is 4.31 Å². The molecule has 0 aromatic heterocycles. The molecule has 2 fully saturated rings. The summed E-state index contributed by atoms with van der Waals surface area (Å²) in [5.41, 5.74) is -0.107. The minimum Gasteiger partial charge on any atom is -0.495 e. The Balaban J connectivity index is 1.75. The van der Waals surface area contributed by atoms with Crippen LogP contribution in [-0.2, 0) is 14.8 Å². The topological polar surface area (TPSA) is 87.2 Å². The van der Waals surface area contributed by atoms with Crippen LogP contribution in [0.2, 0.25) is 0 Å². The van der Waals surface area contributed by atoms with Gasteiger partial charge in [-0.05, 0) is 43.9 Å². The highest BCUT2D eigenvalue weighted by Gasteiger charge is 2.48. The summed E-state index contributed by atoms with van der Waals surface area (Å²) in [4.78, 5) is 13.4. The number of carboxylic acids is 1. The van der Waals surface area contributed by atoms with E-state index in [0.29, 0.717) is 44.6 Å². The van der Waals surface area contributed by atoms with Gasteiger partial charge in [0.2, 0.25) is 10.0 Å². The lowest BCUT2D eigenvalue weighted by atomic mass is 9.77. The molecule has 1 aromatic carbocycles. The number of nitrogens with zero attached hydrogens (tertiary/aromatic N) is 2. The summed E-state index contributed by atoms with van der Waals surface area (Å²) in [7, 11) is -0.333. The zero-order valence-corrected chi connectivity index (χ0v) is 15.3. The first kappa shape index (κ1) is 18.2. The van der Waals surface area contributed by atoms with E-state index in [9.17, 15) is 18.3 Å². The van der Waals surface area contributed by atoms with Crippen molar-refractivity contribution >= 4 is 16.0 Å². The van der Waals surface area contributed by atoms with E-state index in [4.69, 9.17) is 4.74 Å². The van der Waals surface area contributed by atoms with Gasteiger partial charge in [0.05, 0.1) is 7.11 Å². The van der Waals surface area contributed by atoms with Crippen molar-refractivity contribution in [2.45, 2.75) is 30.2 Å². The van der Waals surface area contributed by atoms with Crippen LogP contribution in [0.5, 0.6) is 5.75 Å². The molecule has 138 valence electrons. The molecule has 7 nitrogen and oxygen atoms in total. The number of aliphatic carboxylic acids is 1. The average Bonchev–Trinajstić information content (AvgIpc) is 2.91. The van der Waals surface area contributed by atoms with Gasteiger partial charge in [-0.15, -0.1) is 0 Å². The number of sulfonamides is 1. The van der Waals surface area contributed by atoms with Crippen LogP contribution in [0.4, 0.5) is 0 Å². The van der Waals surface area contributed by atoms with E-state index in [0.717, 1.165) is 0 Å². The molecule has 3 rings (SSSR count). The van der Waals surface area contributed by atoms with Crippen LogP contribution in [0, 0.1) is 5.41 Å². The second-order valence-electron chi connectivity index (χ2n) is 7.03. The fraction of sp³-hybridized carbons (Fsp3) is 0.588. The van der Waals surface area contributed by atoms with Crippen LogP contribution in [0.3, 0.4) is 0 Å². The van der Waals surface area contributed by atoms with Gasteiger partial charge in [-0.1, -0.05) is 12.1 Å². The van der Waals surface area contributed by atoms with Crippen LogP contribution in [0.15, 0.2) is 29.2 Å². The van der Waals surface area contributed by atoms with Gasteiger partial charge in [0.15, 0.2) is 0 Å². The van der Waals surface area contributed by atoms with Crippen molar-refractivity contribution in [3.05, 3.63) is 24.3 Å². The number of hydrogen-bond donors (Lipinski definition) is 1. The van der Waals surface area contributed by atoms with Crippen LogP contribution in [-0.4, -0.2) is 68.5 Å². The lowest BCUT2D eigenvalue weighted by Gasteiger charge is -2.38. The Labute approximate surface area is 148 Å². The molecule has 0 saturated carbocycles. The van der Waals surface area contributed by atoms with Gasteiger partial charge in [-0.25, -0.2) is 8.42 Å². The number of ether oxygens (including phenoxy) is 1. The molecule has 1 aromatic rings. The minimum atomic E-state index is -3.62. The van der Waals surface area contributed by atoms with Crippen molar-refractivity contribution in [3.63, 3.8) is 0 Å². The monoisotopic (exact) mass is 368 g/mol. The van der Waals surface area contributed by atoms with Crippen LogP contribution in [0.1, 0.15) is 19.3 Å². The number of likely N-dealkylation sites (tertiary alicyclic amines) is 1. The lowest BCUT2D eigenvalue weighted by Crippen LogP contribution is -2.44. The molecule has 2 heterocycles. The van der Waals surface area contributed by atoms with E-state index >= 15 is 0 Å². The van der Waals surface area contributed by atoms with Gasteiger partial charge in [0, 0.05) is 19.6 Å². The van der Waals surface area contributed by atoms with Crippen molar-refractivity contribution in [2.24, 2.45) is 5.41 Å². The van der Waals surface area contributed by atoms with E-state index in [1.807, 2.05) is 11.9 Å². The van der Waals surface area contributed by atoms with Gasteiger partial charge in [0.1, 0.15) is 16.7 Å². The number of benzene rings is 1. The molecule has 25 heavy (non-hydrogen) atoms.